The van der Waals surface area contributed by atoms with E-state index < -0.39 is 42.8 Å². The summed E-state index contributed by atoms with van der Waals surface area (Å²) in [5.74, 6) is -2.41. The first-order valence-electron chi connectivity index (χ1n) is 7.88. The second kappa shape index (κ2) is 6.24. The lowest BCUT2D eigenvalue weighted by Gasteiger charge is -2.62. The largest absolute Gasteiger partial charge is 0.512 e. The first-order chi connectivity index (χ1) is 11.8. The molecule has 2 bridgehead atoms. The lowest BCUT2D eigenvalue weighted by molar-refractivity contribution is -0.145. The molecule has 3 fully saturated rings. The number of carbonyl (C=O) groups is 1. The number of hydrogen-bond donors (Lipinski definition) is 2. The maximum absolute atomic E-state index is 14.0. The van der Waals surface area contributed by atoms with E-state index in [4.69, 9.17) is 0 Å². The average Bonchev–Trinajstić information content (AvgIpc) is 2.45. The molecule has 27 heavy (non-hydrogen) atoms. The maximum atomic E-state index is 14.0. The molecule has 0 aliphatic heterocycles. The Morgan fingerprint density at radius 2 is 1.52 bits per heavy atom. The highest BCUT2D eigenvalue weighted by Crippen LogP contribution is 2.61. The van der Waals surface area contributed by atoms with Crippen LogP contribution in [0.2, 0.25) is 0 Å². The number of hydrogen-bond acceptors (Lipinski definition) is 5. The second-order valence-electron chi connectivity index (χ2n) is 7.59. The van der Waals surface area contributed by atoms with Gasteiger partial charge in [-0.15, -0.1) is 0 Å². The summed E-state index contributed by atoms with van der Waals surface area (Å²) in [6, 6.07) is -0.797. The number of fused-ring (bicyclic) bond motifs is 2. The molecule has 0 radical (unpaired) electrons. The molecule has 3 rings (SSSR count). The highest BCUT2D eigenvalue weighted by atomic mass is 32.3. The second-order valence-corrected chi connectivity index (χ2v) is 11.2. The van der Waals surface area contributed by atoms with Crippen LogP contribution in [0.1, 0.15) is 33.6 Å². The van der Waals surface area contributed by atoms with Crippen molar-refractivity contribution in [3.8, 4) is 0 Å². The fraction of sp³-hybridized carbons (Fsp3) is 0.923. The van der Waals surface area contributed by atoms with E-state index in [1.54, 1.807) is 6.92 Å². The number of alkyl halides is 5. The number of nitrogens with one attached hydrogen (secondary N) is 2. The van der Waals surface area contributed by atoms with Crippen molar-refractivity contribution < 1.29 is 43.6 Å². The molecule has 7 nitrogen and oxygen atoms in total. The number of carbonyl (C=O) groups excluding carboxylic acids is 1. The standard InChI is InChI=1S/C13H19F5N2O5S2/c1-6-8-4-7(11(8,2)3)5-9(6)19-10(21)12(14,15)26(22,23)20-27(24,25)13(16,17)18/h6-9,20H,4-5H2,1-3H3,(H,19,21). The molecule has 3 aliphatic rings. The minimum Gasteiger partial charge on any atom is -0.347 e. The Hall–Kier alpha value is -1.02. The Balaban J connectivity index is 2.16. The smallest absolute Gasteiger partial charge is 0.347 e. The van der Waals surface area contributed by atoms with Crippen LogP contribution >= 0.6 is 0 Å². The Morgan fingerprint density at radius 3 is 1.93 bits per heavy atom. The Morgan fingerprint density at radius 1 is 1.00 bits per heavy atom. The van der Waals surface area contributed by atoms with Crippen LogP contribution in [0.15, 0.2) is 0 Å². The predicted octanol–water partition coefficient (Wildman–Crippen LogP) is 1.54. The molecule has 4 atom stereocenters. The number of amides is 1. The quantitative estimate of drug-likeness (QED) is 0.628. The van der Waals surface area contributed by atoms with Crippen molar-refractivity contribution in [3.05, 3.63) is 0 Å². The maximum Gasteiger partial charge on any atom is 0.512 e. The van der Waals surface area contributed by atoms with Gasteiger partial charge in [0.15, 0.2) is 0 Å². The van der Waals surface area contributed by atoms with Gasteiger partial charge in [0.1, 0.15) is 0 Å². The van der Waals surface area contributed by atoms with E-state index in [1.165, 1.54) is 0 Å². The first kappa shape index (κ1) is 22.3. The molecule has 1 amide bonds. The highest BCUT2D eigenvalue weighted by molar-refractivity contribution is 8.05. The average molecular weight is 442 g/mol. The van der Waals surface area contributed by atoms with Crippen LogP contribution in [0.5, 0.6) is 0 Å². The normalized spacial score (nSPS) is 31.1. The van der Waals surface area contributed by atoms with E-state index in [-0.39, 0.29) is 27.3 Å². The number of halogens is 5. The van der Waals surface area contributed by atoms with Crippen molar-refractivity contribution in [3.63, 3.8) is 0 Å². The third-order valence-corrected chi connectivity index (χ3v) is 9.02. The molecule has 0 aromatic heterocycles. The zero-order chi connectivity index (χ0) is 21.2. The van der Waals surface area contributed by atoms with Crippen LogP contribution in [0.4, 0.5) is 22.0 Å². The molecule has 3 saturated carbocycles. The summed E-state index contributed by atoms with van der Waals surface area (Å²) in [5, 5.41) is -3.56. The Bertz CT molecular complexity index is 838. The van der Waals surface area contributed by atoms with Crippen molar-refractivity contribution in [2.45, 2.75) is 50.4 Å². The van der Waals surface area contributed by atoms with E-state index >= 15 is 0 Å². The molecule has 0 saturated heterocycles. The zero-order valence-electron chi connectivity index (χ0n) is 14.5. The van der Waals surface area contributed by atoms with Gasteiger partial charge in [0.2, 0.25) is 0 Å². The van der Waals surface area contributed by atoms with E-state index in [2.05, 4.69) is 0 Å². The summed E-state index contributed by atoms with van der Waals surface area (Å²) >= 11 is 0. The SMILES string of the molecule is CC1C(NC(=O)C(F)(F)S(=O)(=O)NS(=O)(=O)C(F)(F)F)CC2CC1C2(C)C. The molecule has 0 heterocycles. The van der Waals surface area contributed by atoms with Crippen LogP contribution in [0.25, 0.3) is 0 Å². The highest BCUT2D eigenvalue weighted by Gasteiger charge is 2.61. The lowest BCUT2D eigenvalue weighted by Crippen LogP contribution is -2.63. The molecule has 0 spiro atoms. The lowest BCUT2D eigenvalue weighted by atomic mass is 9.45. The summed E-state index contributed by atoms with van der Waals surface area (Å²) in [7, 11) is -13.1. The summed E-state index contributed by atoms with van der Waals surface area (Å²) in [5.41, 5.74) is -6.20. The Kier molecular flexibility index (Phi) is 5.15. The van der Waals surface area contributed by atoms with Gasteiger partial charge in [-0.3, -0.25) is 4.79 Å². The van der Waals surface area contributed by atoms with Gasteiger partial charge < -0.3 is 5.32 Å². The topological polar surface area (TPSA) is 109 Å². The van der Waals surface area contributed by atoms with Crippen LogP contribution in [-0.2, 0) is 24.8 Å². The van der Waals surface area contributed by atoms with Gasteiger partial charge in [0, 0.05) is 6.04 Å². The third kappa shape index (κ3) is 3.55. The molecule has 2 N–H and O–H groups in total. The van der Waals surface area contributed by atoms with Gasteiger partial charge >= 0.3 is 36.7 Å². The van der Waals surface area contributed by atoms with Gasteiger partial charge in [-0.05, 0) is 36.0 Å². The van der Waals surface area contributed by atoms with E-state index in [9.17, 15) is 43.6 Å². The summed E-state index contributed by atoms with van der Waals surface area (Å²) in [4.78, 5) is 11.8. The fourth-order valence-electron chi connectivity index (χ4n) is 3.96. The minimum absolute atomic E-state index is 0.0580. The predicted molar refractivity (Wildman–Crippen MR) is 83.1 cm³/mol. The molecular formula is C13H19F5N2O5S2. The van der Waals surface area contributed by atoms with E-state index in [0.717, 1.165) is 6.42 Å². The van der Waals surface area contributed by atoms with Gasteiger partial charge in [0.25, 0.3) is 0 Å². The van der Waals surface area contributed by atoms with E-state index in [1.807, 2.05) is 19.2 Å². The van der Waals surface area contributed by atoms with Gasteiger partial charge in [0.05, 0.1) is 0 Å². The van der Waals surface area contributed by atoms with Crippen LogP contribution in [0.3, 0.4) is 0 Å². The molecule has 3 aliphatic carbocycles. The molecule has 0 aromatic rings. The van der Waals surface area contributed by atoms with Crippen molar-refractivity contribution in [2.24, 2.45) is 23.2 Å². The molecular weight excluding hydrogens is 423 g/mol. The van der Waals surface area contributed by atoms with Crippen molar-refractivity contribution >= 4 is 26.0 Å². The van der Waals surface area contributed by atoms with Gasteiger partial charge in [-0.25, -0.2) is 16.8 Å². The molecule has 14 heteroatoms. The van der Waals surface area contributed by atoms with Crippen molar-refractivity contribution in [1.29, 1.82) is 0 Å². The third-order valence-electron chi connectivity index (χ3n) is 5.80. The minimum atomic E-state index is -6.63. The van der Waals surface area contributed by atoms with Gasteiger partial charge in [-0.1, -0.05) is 24.9 Å². The number of rotatable bonds is 5. The van der Waals surface area contributed by atoms with Gasteiger partial charge in [-0.2, -0.15) is 22.0 Å². The van der Waals surface area contributed by atoms with Crippen LogP contribution < -0.4 is 9.44 Å². The first-order valence-corrected chi connectivity index (χ1v) is 10.8. The summed E-state index contributed by atoms with van der Waals surface area (Å²) in [6.07, 6.45) is 1.14. The summed E-state index contributed by atoms with van der Waals surface area (Å²) < 4.78 is 109. The van der Waals surface area contributed by atoms with E-state index in [0.29, 0.717) is 6.42 Å². The van der Waals surface area contributed by atoms with Crippen LogP contribution in [-0.4, -0.2) is 39.5 Å². The Labute approximate surface area is 153 Å². The molecule has 4 unspecified atom stereocenters. The summed E-state index contributed by atoms with van der Waals surface area (Å²) in [6.45, 7) is 5.68. The monoisotopic (exact) mass is 442 g/mol. The fourth-order valence-corrected chi connectivity index (χ4v) is 6.21. The molecule has 158 valence electrons. The zero-order valence-corrected chi connectivity index (χ0v) is 16.1. The van der Waals surface area contributed by atoms with Crippen molar-refractivity contribution in [2.75, 3.05) is 0 Å². The van der Waals surface area contributed by atoms with Crippen molar-refractivity contribution in [1.82, 2.24) is 9.44 Å². The van der Waals surface area contributed by atoms with Crippen LogP contribution in [0, 0.1) is 23.2 Å². The number of sulfonamides is 2. The molecule has 0 aromatic carbocycles.